The molecule has 1 nitrogen and oxygen atoms in total. The summed E-state index contributed by atoms with van der Waals surface area (Å²) in [4.78, 5) is 0. The molecule has 0 aliphatic carbocycles. The lowest BCUT2D eigenvalue weighted by Gasteiger charge is -2.34. The molecular formula is C11H25NP+. The van der Waals surface area contributed by atoms with Crippen LogP contribution in [0.4, 0.5) is 0 Å². The molecule has 13 heavy (non-hydrogen) atoms. The van der Waals surface area contributed by atoms with Crippen molar-refractivity contribution in [3.63, 3.8) is 0 Å². The lowest BCUT2D eigenvalue weighted by molar-refractivity contribution is 0.634. The molecule has 2 atom stereocenters. The van der Waals surface area contributed by atoms with E-state index in [-0.39, 0.29) is 0 Å². The monoisotopic (exact) mass is 202 g/mol. The third kappa shape index (κ3) is 1.78. The van der Waals surface area contributed by atoms with Gasteiger partial charge in [-0.3, -0.25) is 0 Å². The van der Waals surface area contributed by atoms with Crippen molar-refractivity contribution >= 4 is 7.41 Å². The summed E-state index contributed by atoms with van der Waals surface area (Å²) in [5, 5.41) is 0. The summed E-state index contributed by atoms with van der Waals surface area (Å²) in [6.45, 7) is 7.30. The molecule has 78 valence electrons. The number of nitrogens with zero attached hydrogens (tertiary/aromatic N) is 1. The second-order valence-corrected chi connectivity index (χ2v) is 9.10. The zero-order valence-electron chi connectivity index (χ0n) is 9.88. The van der Waals surface area contributed by atoms with Gasteiger partial charge in [-0.2, -0.15) is 4.67 Å². The quantitative estimate of drug-likeness (QED) is 0.633. The smallest absolute Gasteiger partial charge is 0.0854 e. The van der Waals surface area contributed by atoms with Crippen LogP contribution < -0.4 is 0 Å². The minimum absolute atomic E-state index is 0.779. The van der Waals surface area contributed by atoms with Gasteiger partial charge >= 0.3 is 0 Å². The minimum atomic E-state index is -0.779. The van der Waals surface area contributed by atoms with Crippen molar-refractivity contribution in [1.29, 1.82) is 0 Å². The molecule has 1 saturated heterocycles. The Labute approximate surface area is 84.3 Å². The molecule has 1 rings (SSSR count). The van der Waals surface area contributed by atoms with Gasteiger partial charge in [-0.1, -0.05) is 13.8 Å². The van der Waals surface area contributed by atoms with Gasteiger partial charge < -0.3 is 0 Å². The SMILES string of the molecule is CC[C@@H]1CC[C@@H](CC)[P+]1(C)N(C)C. The van der Waals surface area contributed by atoms with Crippen molar-refractivity contribution in [2.45, 2.75) is 50.8 Å². The van der Waals surface area contributed by atoms with E-state index < -0.39 is 7.41 Å². The fraction of sp³-hybridized carbons (Fsp3) is 1.00. The largest absolute Gasteiger partial charge is 0.186 e. The van der Waals surface area contributed by atoms with E-state index >= 15 is 0 Å². The maximum absolute atomic E-state index is 2.57. The van der Waals surface area contributed by atoms with E-state index in [0.717, 1.165) is 11.3 Å². The first-order chi connectivity index (χ1) is 6.07. The molecule has 1 fully saturated rings. The third-order valence-electron chi connectivity index (χ3n) is 4.12. The molecule has 0 aromatic heterocycles. The molecule has 2 heteroatoms. The highest BCUT2D eigenvalue weighted by Crippen LogP contribution is 2.72. The van der Waals surface area contributed by atoms with Crippen LogP contribution in [0, 0.1) is 0 Å². The van der Waals surface area contributed by atoms with Crippen LogP contribution in [0.25, 0.3) is 0 Å². The Balaban J connectivity index is 2.83. The first kappa shape index (κ1) is 11.5. The van der Waals surface area contributed by atoms with Crippen LogP contribution in [-0.4, -0.2) is 36.7 Å². The van der Waals surface area contributed by atoms with Crippen molar-refractivity contribution in [1.82, 2.24) is 4.67 Å². The summed E-state index contributed by atoms with van der Waals surface area (Å²) < 4.78 is 2.57. The Morgan fingerprint density at radius 2 is 1.46 bits per heavy atom. The summed E-state index contributed by atoms with van der Waals surface area (Å²) >= 11 is 0. The van der Waals surface area contributed by atoms with Gasteiger partial charge in [0.05, 0.1) is 25.4 Å². The first-order valence-electron chi connectivity index (χ1n) is 5.61. The van der Waals surface area contributed by atoms with Gasteiger partial charge in [0, 0.05) is 14.1 Å². The van der Waals surface area contributed by atoms with E-state index in [1.165, 1.54) is 25.7 Å². The molecule has 0 unspecified atom stereocenters. The summed E-state index contributed by atoms with van der Waals surface area (Å²) in [6.07, 6.45) is 5.74. The lowest BCUT2D eigenvalue weighted by Crippen LogP contribution is -2.26. The highest BCUT2D eigenvalue weighted by Gasteiger charge is 2.53. The van der Waals surface area contributed by atoms with E-state index in [2.05, 4.69) is 39.3 Å². The Morgan fingerprint density at radius 3 is 1.69 bits per heavy atom. The van der Waals surface area contributed by atoms with Crippen LogP contribution >= 0.6 is 7.41 Å². The van der Waals surface area contributed by atoms with Gasteiger partial charge in [-0.05, 0) is 25.7 Å². The number of hydrogen-bond donors (Lipinski definition) is 0. The first-order valence-corrected chi connectivity index (χ1v) is 7.93. The van der Waals surface area contributed by atoms with Crippen LogP contribution in [-0.2, 0) is 0 Å². The zero-order chi connectivity index (χ0) is 10.1. The highest BCUT2D eigenvalue weighted by molar-refractivity contribution is 7.74. The number of hydrogen-bond acceptors (Lipinski definition) is 1. The van der Waals surface area contributed by atoms with Crippen molar-refractivity contribution in [2.75, 3.05) is 20.8 Å². The van der Waals surface area contributed by atoms with Crippen LogP contribution in [0.5, 0.6) is 0 Å². The summed E-state index contributed by atoms with van der Waals surface area (Å²) in [5.41, 5.74) is 2.04. The second-order valence-electron chi connectivity index (χ2n) is 4.65. The molecule has 1 heterocycles. The average molecular weight is 202 g/mol. The maximum Gasteiger partial charge on any atom is 0.0854 e. The Morgan fingerprint density at radius 1 is 1.08 bits per heavy atom. The molecule has 1 aliphatic heterocycles. The Kier molecular flexibility index (Phi) is 3.77. The van der Waals surface area contributed by atoms with Crippen molar-refractivity contribution in [2.24, 2.45) is 0 Å². The molecular weight excluding hydrogens is 177 g/mol. The van der Waals surface area contributed by atoms with E-state index in [4.69, 9.17) is 0 Å². The normalized spacial score (nSPS) is 32.8. The predicted molar refractivity (Wildman–Crippen MR) is 63.9 cm³/mol. The van der Waals surface area contributed by atoms with E-state index in [1.54, 1.807) is 0 Å². The van der Waals surface area contributed by atoms with Gasteiger partial charge in [-0.15, -0.1) is 0 Å². The fourth-order valence-corrected chi connectivity index (χ4v) is 7.73. The van der Waals surface area contributed by atoms with Crippen molar-refractivity contribution in [3.8, 4) is 0 Å². The molecule has 1 aliphatic rings. The van der Waals surface area contributed by atoms with Gasteiger partial charge in [0.1, 0.15) is 0 Å². The van der Waals surface area contributed by atoms with Crippen molar-refractivity contribution < 1.29 is 0 Å². The van der Waals surface area contributed by atoms with Crippen LogP contribution in [0.2, 0.25) is 0 Å². The third-order valence-corrected chi connectivity index (χ3v) is 10.0. The molecule has 0 radical (unpaired) electrons. The van der Waals surface area contributed by atoms with Gasteiger partial charge in [0.2, 0.25) is 0 Å². The fourth-order valence-electron chi connectivity index (χ4n) is 3.01. The standard InChI is InChI=1S/C11H25NP/c1-6-10-8-9-11(7-2)13(10,5)12(3)4/h10-11H,6-9H2,1-5H3/q+1/t10-,11-/m1/s1. The Hall–Kier alpha value is 0.390. The van der Waals surface area contributed by atoms with Crippen LogP contribution in [0.1, 0.15) is 39.5 Å². The summed E-state index contributed by atoms with van der Waals surface area (Å²) in [7, 11) is 3.81. The van der Waals surface area contributed by atoms with Crippen LogP contribution in [0.3, 0.4) is 0 Å². The van der Waals surface area contributed by atoms with Gasteiger partial charge in [0.15, 0.2) is 0 Å². The zero-order valence-corrected chi connectivity index (χ0v) is 10.8. The molecule has 0 aromatic carbocycles. The van der Waals surface area contributed by atoms with E-state index in [0.29, 0.717) is 0 Å². The van der Waals surface area contributed by atoms with Gasteiger partial charge in [-0.25, -0.2) is 0 Å². The summed E-state index contributed by atoms with van der Waals surface area (Å²) in [5.74, 6) is 0. The molecule has 0 aromatic rings. The second kappa shape index (κ2) is 4.28. The Bertz CT molecular complexity index is 155. The van der Waals surface area contributed by atoms with E-state index in [9.17, 15) is 0 Å². The maximum atomic E-state index is 2.57. The van der Waals surface area contributed by atoms with Crippen LogP contribution in [0.15, 0.2) is 0 Å². The topological polar surface area (TPSA) is 3.24 Å². The van der Waals surface area contributed by atoms with Crippen molar-refractivity contribution in [3.05, 3.63) is 0 Å². The average Bonchev–Trinajstić information content (AvgIpc) is 2.43. The summed E-state index contributed by atoms with van der Waals surface area (Å²) in [6, 6.07) is 0. The lowest BCUT2D eigenvalue weighted by atomic mass is 10.1. The molecule has 0 amide bonds. The van der Waals surface area contributed by atoms with Gasteiger partial charge in [0.25, 0.3) is 0 Å². The van der Waals surface area contributed by atoms with E-state index in [1.807, 2.05) is 0 Å². The number of rotatable bonds is 3. The predicted octanol–water partition coefficient (Wildman–Crippen LogP) is 3.46. The molecule has 0 N–H and O–H groups in total. The molecule has 0 bridgehead atoms. The highest BCUT2D eigenvalue weighted by atomic mass is 31.2. The minimum Gasteiger partial charge on any atom is -0.186 e. The molecule has 0 saturated carbocycles. The molecule has 0 spiro atoms.